The minimum absolute atomic E-state index is 0.0338. The van der Waals surface area contributed by atoms with E-state index in [4.69, 9.17) is 10.5 Å². The molecule has 0 spiro atoms. The summed E-state index contributed by atoms with van der Waals surface area (Å²) in [6.07, 6.45) is 0. The van der Waals surface area contributed by atoms with E-state index in [1.807, 2.05) is 26.0 Å². The highest BCUT2D eigenvalue weighted by Crippen LogP contribution is 2.26. The molecule has 2 rings (SSSR count). The Balaban J connectivity index is 2.12. The van der Waals surface area contributed by atoms with Gasteiger partial charge in [-0.1, -0.05) is 36.4 Å². The fraction of sp³-hybridized carbons (Fsp3) is 0.350. The molecule has 0 bridgehead atoms. The van der Waals surface area contributed by atoms with Gasteiger partial charge < -0.3 is 15.4 Å². The first-order chi connectivity index (χ1) is 11.4. The molecule has 0 heterocycles. The van der Waals surface area contributed by atoms with Crippen LogP contribution in [0.15, 0.2) is 36.4 Å². The molecule has 24 heavy (non-hydrogen) atoms. The number of nitrogens with two attached hydrogens (primary N) is 1. The van der Waals surface area contributed by atoms with E-state index < -0.39 is 0 Å². The summed E-state index contributed by atoms with van der Waals surface area (Å²) in [5, 5.41) is 0. The number of likely N-dealkylation sites (N-methyl/N-ethyl adjacent to an activating group) is 1. The van der Waals surface area contributed by atoms with Crippen LogP contribution in [0.5, 0.6) is 5.75 Å². The number of ether oxygens (including phenoxy) is 1. The Morgan fingerprint density at radius 2 is 1.71 bits per heavy atom. The van der Waals surface area contributed by atoms with Crippen LogP contribution in [0.25, 0.3) is 0 Å². The molecule has 128 valence electrons. The standard InChI is InChI=1S/C20H26N2O2/c1-14-7-5-6-8-18(14)13-24-20-15(2)9-17(10-16(20)3)12-22(4)19(23)11-21/h5-10H,11-13,21H2,1-4H3. The van der Waals surface area contributed by atoms with E-state index in [1.54, 1.807) is 11.9 Å². The zero-order valence-corrected chi connectivity index (χ0v) is 14.9. The van der Waals surface area contributed by atoms with Crippen LogP contribution in [0.3, 0.4) is 0 Å². The lowest BCUT2D eigenvalue weighted by Gasteiger charge is -2.19. The van der Waals surface area contributed by atoms with E-state index in [9.17, 15) is 4.79 Å². The van der Waals surface area contributed by atoms with Crippen molar-refractivity contribution in [3.8, 4) is 5.75 Å². The van der Waals surface area contributed by atoms with Gasteiger partial charge >= 0.3 is 0 Å². The van der Waals surface area contributed by atoms with Crippen molar-refractivity contribution in [2.24, 2.45) is 5.73 Å². The van der Waals surface area contributed by atoms with E-state index in [-0.39, 0.29) is 12.5 Å². The molecule has 0 aliphatic heterocycles. The quantitative estimate of drug-likeness (QED) is 0.887. The highest BCUT2D eigenvalue weighted by atomic mass is 16.5. The second kappa shape index (κ2) is 7.97. The summed E-state index contributed by atoms with van der Waals surface area (Å²) in [4.78, 5) is 13.3. The molecule has 0 radical (unpaired) electrons. The summed E-state index contributed by atoms with van der Waals surface area (Å²) in [6.45, 7) is 7.30. The highest BCUT2D eigenvalue weighted by molar-refractivity contribution is 5.77. The fourth-order valence-electron chi connectivity index (χ4n) is 2.80. The average molecular weight is 326 g/mol. The van der Waals surface area contributed by atoms with E-state index in [1.165, 1.54) is 11.1 Å². The zero-order chi connectivity index (χ0) is 17.7. The number of hydrogen-bond donors (Lipinski definition) is 1. The van der Waals surface area contributed by atoms with Crippen LogP contribution in [0.1, 0.15) is 27.8 Å². The van der Waals surface area contributed by atoms with Crippen LogP contribution in [0, 0.1) is 20.8 Å². The number of aryl methyl sites for hydroxylation is 3. The lowest BCUT2D eigenvalue weighted by atomic mass is 10.0. The van der Waals surface area contributed by atoms with Gasteiger partial charge in [-0.15, -0.1) is 0 Å². The molecular formula is C20H26N2O2. The van der Waals surface area contributed by atoms with Crippen molar-refractivity contribution >= 4 is 5.91 Å². The summed E-state index contributed by atoms with van der Waals surface area (Å²) >= 11 is 0. The maximum Gasteiger partial charge on any atom is 0.236 e. The van der Waals surface area contributed by atoms with E-state index in [2.05, 4.69) is 31.2 Å². The van der Waals surface area contributed by atoms with E-state index in [0.29, 0.717) is 13.2 Å². The van der Waals surface area contributed by atoms with Crippen LogP contribution in [-0.2, 0) is 17.9 Å². The first-order valence-electron chi connectivity index (χ1n) is 8.13. The fourth-order valence-corrected chi connectivity index (χ4v) is 2.80. The smallest absolute Gasteiger partial charge is 0.236 e. The molecule has 0 unspecified atom stereocenters. The molecule has 4 nitrogen and oxygen atoms in total. The van der Waals surface area contributed by atoms with Gasteiger partial charge in [-0.2, -0.15) is 0 Å². The molecule has 0 fully saturated rings. The summed E-state index contributed by atoms with van der Waals surface area (Å²) in [6, 6.07) is 12.4. The average Bonchev–Trinajstić information content (AvgIpc) is 2.54. The third kappa shape index (κ3) is 4.36. The number of carbonyl (C=O) groups is 1. The number of carbonyl (C=O) groups excluding carboxylic acids is 1. The SMILES string of the molecule is Cc1ccccc1COc1c(C)cc(CN(C)C(=O)CN)cc1C. The van der Waals surface area contributed by atoms with Gasteiger partial charge in [0.05, 0.1) is 6.54 Å². The van der Waals surface area contributed by atoms with E-state index >= 15 is 0 Å². The summed E-state index contributed by atoms with van der Waals surface area (Å²) < 4.78 is 6.06. The minimum atomic E-state index is -0.0646. The van der Waals surface area contributed by atoms with Crippen molar-refractivity contribution in [1.82, 2.24) is 4.90 Å². The third-order valence-electron chi connectivity index (χ3n) is 4.17. The maximum absolute atomic E-state index is 11.6. The monoisotopic (exact) mass is 326 g/mol. The normalized spacial score (nSPS) is 10.5. The van der Waals surface area contributed by atoms with Gasteiger partial charge in [0.1, 0.15) is 12.4 Å². The molecule has 0 aliphatic carbocycles. The minimum Gasteiger partial charge on any atom is -0.488 e. The zero-order valence-electron chi connectivity index (χ0n) is 14.9. The Hall–Kier alpha value is -2.33. The molecule has 2 aromatic carbocycles. The number of amides is 1. The molecule has 0 atom stereocenters. The highest BCUT2D eigenvalue weighted by Gasteiger charge is 2.11. The molecular weight excluding hydrogens is 300 g/mol. The second-order valence-corrected chi connectivity index (χ2v) is 6.23. The van der Waals surface area contributed by atoms with E-state index in [0.717, 1.165) is 22.4 Å². The van der Waals surface area contributed by atoms with Gasteiger partial charge in [0, 0.05) is 13.6 Å². The molecule has 0 aromatic heterocycles. The van der Waals surface area contributed by atoms with Gasteiger partial charge in [-0.05, 0) is 48.6 Å². The lowest BCUT2D eigenvalue weighted by molar-refractivity contribution is -0.128. The summed E-state index contributed by atoms with van der Waals surface area (Å²) in [5.74, 6) is 0.847. The molecule has 2 aromatic rings. The van der Waals surface area contributed by atoms with Crippen molar-refractivity contribution in [3.63, 3.8) is 0 Å². The van der Waals surface area contributed by atoms with Crippen molar-refractivity contribution in [3.05, 3.63) is 64.2 Å². The Labute approximate surface area is 144 Å². The Bertz CT molecular complexity index is 702. The lowest BCUT2D eigenvalue weighted by Crippen LogP contribution is -2.32. The molecule has 2 N–H and O–H groups in total. The molecule has 4 heteroatoms. The van der Waals surface area contributed by atoms with Gasteiger partial charge in [0.25, 0.3) is 0 Å². The second-order valence-electron chi connectivity index (χ2n) is 6.23. The first-order valence-corrected chi connectivity index (χ1v) is 8.13. The Morgan fingerprint density at radius 3 is 2.29 bits per heavy atom. The molecule has 0 saturated heterocycles. The molecule has 0 aliphatic rings. The summed E-state index contributed by atoms with van der Waals surface area (Å²) in [7, 11) is 1.77. The van der Waals surface area contributed by atoms with Gasteiger partial charge in [0.15, 0.2) is 0 Å². The number of rotatable bonds is 6. The van der Waals surface area contributed by atoms with Crippen LogP contribution in [-0.4, -0.2) is 24.4 Å². The third-order valence-corrected chi connectivity index (χ3v) is 4.17. The van der Waals surface area contributed by atoms with Crippen LogP contribution < -0.4 is 10.5 Å². The number of benzene rings is 2. The Kier molecular flexibility index (Phi) is 5.99. The van der Waals surface area contributed by atoms with Crippen LogP contribution in [0.4, 0.5) is 0 Å². The summed E-state index contributed by atoms with van der Waals surface area (Å²) in [5.41, 5.74) is 11.1. The predicted octanol–water partition coefficient (Wildman–Crippen LogP) is 3.11. The van der Waals surface area contributed by atoms with Crippen molar-refractivity contribution in [1.29, 1.82) is 0 Å². The molecule has 1 amide bonds. The first kappa shape index (κ1) is 18.0. The van der Waals surface area contributed by atoms with Gasteiger partial charge in [-0.3, -0.25) is 4.79 Å². The largest absolute Gasteiger partial charge is 0.488 e. The number of nitrogens with zero attached hydrogens (tertiary/aromatic N) is 1. The maximum atomic E-state index is 11.6. The molecule has 0 saturated carbocycles. The van der Waals surface area contributed by atoms with Crippen molar-refractivity contribution < 1.29 is 9.53 Å². The van der Waals surface area contributed by atoms with Gasteiger partial charge in [0.2, 0.25) is 5.91 Å². The Morgan fingerprint density at radius 1 is 1.08 bits per heavy atom. The van der Waals surface area contributed by atoms with Crippen LogP contribution in [0.2, 0.25) is 0 Å². The predicted molar refractivity (Wildman–Crippen MR) is 97.0 cm³/mol. The van der Waals surface area contributed by atoms with Crippen molar-refractivity contribution in [2.75, 3.05) is 13.6 Å². The van der Waals surface area contributed by atoms with Crippen LogP contribution >= 0.6 is 0 Å². The van der Waals surface area contributed by atoms with Crippen molar-refractivity contribution in [2.45, 2.75) is 33.9 Å². The topological polar surface area (TPSA) is 55.6 Å². The number of hydrogen-bond acceptors (Lipinski definition) is 3. The van der Waals surface area contributed by atoms with Gasteiger partial charge in [-0.25, -0.2) is 0 Å².